The fraction of sp³-hybridized carbons (Fsp3) is 0.105. The van der Waals surface area contributed by atoms with Crippen LogP contribution in [0, 0.1) is 0 Å². The topological polar surface area (TPSA) is 69.7 Å². The molecule has 132 valence electrons. The summed E-state index contributed by atoms with van der Waals surface area (Å²) in [5.74, 6) is -0.878. The van der Waals surface area contributed by atoms with Crippen molar-refractivity contribution in [2.75, 3.05) is 11.5 Å². The average molecular weight is 384 g/mol. The van der Waals surface area contributed by atoms with Gasteiger partial charge in [-0.15, -0.1) is 0 Å². The van der Waals surface area contributed by atoms with E-state index >= 15 is 0 Å². The van der Waals surface area contributed by atoms with Gasteiger partial charge in [-0.25, -0.2) is 0 Å². The van der Waals surface area contributed by atoms with E-state index in [2.05, 4.69) is 0 Å². The summed E-state index contributed by atoms with van der Waals surface area (Å²) < 4.78 is 5.78. The number of nitrogens with zero attached hydrogens (tertiary/aromatic N) is 1. The Morgan fingerprint density at radius 1 is 1.23 bits per heavy atom. The molecule has 1 aliphatic rings. The summed E-state index contributed by atoms with van der Waals surface area (Å²) in [5, 5.41) is 11.2. The van der Waals surface area contributed by atoms with Gasteiger partial charge < -0.3 is 14.6 Å². The number of amides is 1. The normalized spacial score (nSPS) is 15.6. The molecule has 1 aliphatic heterocycles. The lowest BCUT2D eigenvalue weighted by atomic mass is 10.1. The number of thioether (sulfide) groups is 1. The maximum Gasteiger partial charge on any atom is 0.270 e. The molecular weight excluding hydrogens is 370 g/mol. The second kappa shape index (κ2) is 7.72. The minimum absolute atomic E-state index is 0.0267. The summed E-state index contributed by atoms with van der Waals surface area (Å²) in [5.41, 5.74) is 1.06. The van der Waals surface area contributed by atoms with Gasteiger partial charge in [0.15, 0.2) is 4.32 Å². The molecule has 2 aromatic carbocycles. The Hall–Kier alpha value is -2.64. The molecule has 1 saturated heterocycles. The van der Waals surface area contributed by atoms with Crippen LogP contribution in [-0.2, 0) is 4.79 Å². The first-order valence-electron chi connectivity index (χ1n) is 7.82. The summed E-state index contributed by atoms with van der Waals surface area (Å²) in [4.78, 5) is 25.8. The largest absolute Gasteiger partial charge is 0.545 e. The number of rotatable bonds is 5. The fourth-order valence-corrected chi connectivity index (χ4v) is 3.79. The molecule has 0 bridgehead atoms. The third kappa shape index (κ3) is 3.63. The number of carbonyl (C=O) groups excluding carboxylic acids is 2. The van der Waals surface area contributed by atoms with Crippen molar-refractivity contribution >= 4 is 51.9 Å². The molecule has 1 heterocycles. The highest BCUT2D eigenvalue weighted by atomic mass is 32.2. The number of carbonyl (C=O) groups is 2. The molecule has 26 heavy (non-hydrogen) atoms. The molecule has 0 aromatic heterocycles. The predicted molar refractivity (Wildman–Crippen MR) is 104 cm³/mol. The van der Waals surface area contributed by atoms with Gasteiger partial charge in [-0.3, -0.25) is 9.69 Å². The number of thiocarbonyl (C=S) groups is 1. The molecule has 1 fully saturated rings. The second-order valence-corrected chi connectivity index (χ2v) is 6.99. The van der Waals surface area contributed by atoms with Crippen molar-refractivity contribution in [3.8, 4) is 5.75 Å². The van der Waals surface area contributed by atoms with E-state index in [1.165, 1.54) is 17.0 Å². The van der Waals surface area contributed by atoms with Crippen LogP contribution < -0.4 is 14.7 Å². The number of hydrogen-bond acceptors (Lipinski definition) is 6. The van der Waals surface area contributed by atoms with E-state index in [0.29, 0.717) is 32.8 Å². The highest BCUT2D eigenvalue weighted by Crippen LogP contribution is 2.36. The van der Waals surface area contributed by atoms with E-state index in [4.69, 9.17) is 17.0 Å². The van der Waals surface area contributed by atoms with Crippen molar-refractivity contribution in [3.05, 3.63) is 64.6 Å². The van der Waals surface area contributed by atoms with E-state index < -0.39 is 5.97 Å². The molecule has 0 aliphatic carbocycles. The molecule has 5 nitrogen and oxygen atoms in total. The van der Waals surface area contributed by atoms with Crippen LogP contribution in [-0.4, -0.2) is 22.8 Å². The van der Waals surface area contributed by atoms with Crippen LogP contribution in [0.15, 0.2) is 53.4 Å². The maximum absolute atomic E-state index is 12.8. The zero-order chi connectivity index (χ0) is 18.7. The number of benzene rings is 2. The van der Waals surface area contributed by atoms with Gasteiger partial charge in [0.1, 0.15) is 5.75 Å². The summed E-state index contributed by atoms with van der Waals surface area (Å²) >= 11 is 6.46. The minimum Gasteiger partial charge on any atom is -0.545 e. The number of hydrogen-bond donors (Lipinski definition) is 0. The zero-order valence-electron chi connectivity index (χ0n) is 13.8. The average Bonchev–Trinajstić information content (AvgIpc) is 2.90. The lowest BCUT2D eigenvalue weighted by molar-refractivity contribution is -0.255. The Balaban J connectivity index is 1.91. The van der Waals surface area contributed by atoms with Crippen molar-refractivity contribution in [3.63, 3.8) is 0 Å². The van der Waals surface area contributed by atoms with E-state index in [-0.39, 0.29) is 11.5 Å². The van der Waals surface area contributed by atoms with Crippen LogP contribution in [0.5, 0.6) is 5.75 Å². The van der Waals surface area contributed by atoms with Crippen LogP contribution >= 0.6 is 24.0 Å². The van der Waals surface area contributed by atoms with Gasteiger partial charge >= 0.3 is 0 Å². The van der Waals surface area contributed by atoms with Crippen LogP contribution in [0.2, 0.25) is 0 Å². The van der Waals surface area contributed by atoms with Crippen LogP contribution in [0.3, 0.4) is 0 Å². The Kier molecular flexibility index (Phi) is 5.39. The molecule has 0 saturated carbocycles. The smallest absolute Gasteiger partial charge is 0.270 e. The lowest BCUT2D eigenvalue weighted by Gasteiger charge is -2.15. The first-order chi connectivity index (χ1) is 12.5. The zero-order valence-corrected chi connectivity index (χ0v) is 15.4. The van der Waals surface area contributed by atoms with Crippen LogP contribution in [0.25, 0.3) is 6.08 Å². The lowest BCUT2D eigenvalue weighted by Crippen LogP contribution is -2.27. The summed E-state index contributed by atoms with van der Waals surface area (Å²) in [6, 6.07) is 13.4. The third-order valence-electron chi connectivity index (χ3n) is 3.67. The summed E-state index contributed by atoms with van der Waals surface area (Å²) in [6.07, 6.45) is 1.53. The van der Waals surface area contributed by atoms with Gasteiger partial charge in [0.2, 0.25) is 0 Å². The van der Waals surface area contributed by atoms with Crippen LogP contribution in [0.4, 0.5) is 5.69 Å². The van der Waals surface area contributed by atoms with Crippen molar-refractivity contribution < 1.29 is 19.4 Å². The van der Waals surface area contributed by atoms with E-state index in [9.17, 15) is 14.7 Å². The molecule has 0 atom stereocenters. The number of aromatic carboxylic acids is 1. The monoisotopic (exact) mass is 384 g/mol. The quantitative estimate of drug-likeness (QED) is 0.583. The first-order valence-corrected chi connectivity index (χ1v) is 9.05. The Morgan fingerprint density at radius 3 is 2.58 bits per heavy atom. The van der Waals surface area contributed by atoms with E-state index in [1.807, 2.05) is 6.92 Å². The molecule has 3 rings (SSSR count). The molecular formula is C19H14NO4S2-. The van der Waals surface area contributed by atoms with Gasteiger partial charge in [0.25, 0.3) is 5.91 Å². The molecule has 0 unspecified atom stereocenters. The highest BCUT2D eigenvalue weighted by Gasteiger charge is 2.33. The Bertz CT molecular complexity index is 906. The molecule has 0 spiro atoms. The van der Waals surface area contributed by atoms with Gasteiger partial charge in [0, 0.05) is 5.56 Å². The van der Waals surface area contributed by atoms with Gasteiger partial charge in [-0.05, 0) is 42.8 Å². The first kappa shape index (κ1) is 18.2. The second-order valence-electron chi connectivity index (χ2n) is 5.32. The molecule has 2 aromatic rings. The van der Waals surface area contributed by atoms with E-state index in [0.717, 1.165) is 11.8 Å². The molecule has 7 heteroatoms. The van der Waals surface area contributed by atoms with Gasteiger partial charge in [-0.2, -0.15) is 0 Å². The number of ether oxygens (including phenoxy) is 1. The van der Waals surface area contributed by atoms with Crippen LogP contribution in [0.1, 0.15) is 22.8 Å². The number of anilines is 1. The van der Waals surface area contributed by atoms with Crippen molar-refractivity contribution in [1.82, 2.24) is 0 Å². The summed E-state index contributed by atoms with van der Waals surface area (Å²) in [7, 11) is 0. The molecule has 0 radical (unpaired) electrons. The van der Waals surface area contributed by atoms with Gasteiger partial charge in [0.05, 0.1) is 23.2 Å². The van der Waals surface area contributed by atoms with Crippen molar-refractivity contribution in [2.24, 2.45) is 0 Å². The fourth-order valence-electron chi connectivity index (χ4n) is 2.50. The SMILES string of the molecule is CCOc1ccc(N2C(=O)/C(=C/c3ccccc3C(=O)[O-])SC2=S)cc1. The minimum atomic E-state index is -1.29. The van der Waals surface area contributed by atoms with Crippen molar-refractivity contribution in [1.29, 1.82) is 0 Å². The Labute approximate surface area is 160 Å². The standard InChI is InChI=1S/C19H15NO4S2/c1-2-24-14-9-7-13(8-10-14)20-17(21)16(26-19(20)25)11-12-5-3-4-6-15(12)18(22)23/h3-11H,2H2,1H3,(H,22,23)/p-1/b16-11-. The predicted octanol–water partition coefficient (Wildman–Crippen LogP) is 2.85. The molecule has 1 amide bonds. The molecule has 0 N–H and O–H groups in total. The van der Waals surface area contributed by atoms with Crippen molar-refractivity contribution in [2.45, 2.75) is 6.92 Å². The van der Waals surface area contributed by atoms with Gasteiger partial charge in [-0.1, -0.05) is 48.2 Å². The highest BCUT2D eigenvalue weighted by molar-refractivity contribution is 8.27. The third-order valence-corrected chi connectivity index (χ3v) is 4.97. The Morgan fingerprint density at radius 2 is 1.92 bits per heavy atom. The number of carboxylic acids is 1. The maximum atomic E-state index is 12.8. The number of carboxylic acid groups (broad SMARTS) is 1. The van der Waals surface area contributed by atoms with E-state index in [1.54, 1.807) is 42.5 Å². The summed E-state index contributed by atoms with van der Waals surface area (Å²) in [6.45, 7) is 2.45.